The van der Waals surface area contributed by atoms with Gasteiger partial charge in [0.1, 0.15) is 5.57 Å². The number of imide groups is 2. The minimum atomic E-state index is -1.03. The molecule has 8 nitrogen and oxygen atoms in total. The molecule has 1 saturated heterocycles. The summed E-state index contributed by atoms with van der Waals surface area (Å²) >= 11 is 6.18. The minimum absolute atomic E-state index is 0.183. The number of nitrogens with one attached hydrogen (secondary N) is 1. The number of aryl methyl sites for hydroxylation is 2. The van der Waals surface area contributed by atoms with Crippen LogP contribution >= 0.6 is 11.6 Å². The molecule has 2 N–H and O–H groups in total. The van der Waals surface area contributed by atoms with Crippen LogP contribution < -0.4 is 10.2 Å². The number of carboxylic acid groups (broad SMARTS) is 1. The number of barbiturate groups is 1. The Bertz CT molecular complexity index is 1470. The van der Waals surface area contributed by atoms with Gasteiger partial charge in [0, 0.05) is 22.1 Å². The van der Waals surface area contributed by atoms with Gasteiger partial charge in [0.05, 0.1) is 11.3 Å². The maximum Gasteiger partial charge on any atom is 0.336 e. The zero-order valence-corrected chi connectivity index (χ0v) is 20.2. The predicted octanol–water partition coefficient (Wildman–Crippen LogP) is 4.73. The summed E-state index contributed by atoms with van der Waals surface area (Å²) in [5.74, 6) is -2.60. The largest absolute Gasteiger partial charge is 0.478 e. The van der Waals surface area contributed by atoms with E-state index < -0.39 is 23.8 Å². The van der Waals surface area contributed by atoms with E-state index in [2.05, 4.69) is 5.32 Å². The Labute approximate surface area is 206 Å². The Hall–Kier alpha value is -4.17. The van der Waals surface area contributed by atoms with Crippen molar-refractivity contribution in [2.75, 3.05) is 4.90 Å². The van der Waals surface area contributed by atoms with Crippen LogP contribution in [0.5, 0.6) is 0 Å². The first kappa shape index (κ1) is 24.0. The molecule has 2 heterocycles. The molecule has 1 fully saturated rings. The summed E-state index contributed by atoms with van der Waals surface area (Å²) in [5.41, 5.74) is 4.31. The topological polar surface area (TPSA) is 109 Å². The van der Waals surface area contributed by atoms with Crippen LogP contribution in [0.15, 0.2) is 48.0 Å². The molecule has 0 unspecified atom stereocenters. The number of halogens is 1. The summed E-state index contributed by atoms with van der Waals surface area (Å²) in [6.07, 6.45) is 1.43. The summed E-state index contributed by atoms with van der Waals surface area (Å²) in [7, 11) is 0. The Morgan fingerprint density at radius 2 is 1.74 bits per heavy atom. The van der Waals surface area contributed by atoms with E-state index in [0.29, 0.717) is 27.5 Å². The van der Waals surface area contributed by atoms with Crippen molar-refractivity contribution in [3.8, 4) is 5.69 Å². The first-order chi connectivity index (χ1) is 16.5. The molecule has 3 aromatic rings. The second-order valence-electron chi connectivity index (χ2n) is 8.31. The lowest BCUT2D eigenvalue weighted by Gasteiger charge is -2.26. The van der Waals surface area contributed by atoms with Gasteiger partial charge < -0.3 is 9.67 Å². The van der Waals surface area contributed by atoms with E-state index in [-0.39, 0.29) is 16.8 Å². The highest BCUT2D eigenvalue weighted by Crippen LogP contribution is 2.29. The predicted molar refractivity (Wildman–Crippen MR) is 132 cm³/mol. The number of aromatic nitrogens is 1. The van der Waals surface area contributed by atoms with Crippen molar-refractivity contribution in [3.63, 3.8) is 0 Å². The summed E-state index contributed by atoms with van der Waals surface area (Å²) in [5, 5.41) is 12.1. The van der Waals surface area contributed by atoms with Gasteiger partial charge in [-0.15, -0.1) is 0 Å². The van der Waals surface area contributed by atoms with Crippen LogP contribution in [0.2, 0.25) is 5.02 Å². The van der Waals surface area contributed by atoms with Gasteiger partial charge in [0.15, 0.2) is 0 Å². The van der Waals surface area contributed by atoms with Crippen molar-refractivity contribution in [1.29, 1.82) is 0 Å². The summed E-state index contributed by atoms with van der Waals surface area (Å²) in [6, 6.07) is 10.7. The molecule has 0 aliphatic carbocycles. The third kappa shape index (κ3) is 4.13. The van der Waals surface area contributed by atoms with Crippen LogP contribution in [0.25, 0.3) is 11.8 Å². The molecule has 4 amide bonds. The monoisotopic (exact) mass is 491 g/mol. The van der Waals surface area contributed by atoms with Crippen molar-refractivity contribution in [1.82, 2.24) is 9.88 Å². The van der Waals surface area contributed by atoms with E-state index in [4.69, 9.17) is 11.6 Å². The normalized spacial score (nSPS) is 15.1. The number of hydrogen-bond donors (Lipinski definition) is 2. The second-order valence-corrected chi connectivity index (χ2v) is 8.72. The van der Waals surface area contributed by atoms with Crippen molar-refractivity contribution in [2.24, 2.45) is 0 Å². The lowest BCUT2D eigenvalue weighted by atomic mass is 10.1. The fourth-order valence-electron chi connectivity index (χ4n) is 4.17. The van der Waals surface area contributed by atoms with Crippen LogP contribution in [0, 0.1) is 27.7 Å². The highest BCUT2D eigenvalue weighted by atomic mass is 35.5. The number of urea groups is 1. The van der Waals surface area contributed by atoms with Gasteiger partial charge in [0.25, 0.3) is 11.8 Å². The molecule has 0 spiro atoms. The SMILES string of the molecule is Cc1ccc(N2C(=O)NC(=O)/C(=C/c3cc(C)n(-c4cccc(C(=O)O)c4C)c3C)C2=O)cc1Cl. The fraction of sp³-hybridized carbons (Fsp3) is 0.154. The van der Waals surface area contributed by atoms with Gasteiger partial charge in [-0.1, -0.05) is 23.7 Å². The molecule has 9 heteroatoms. The third-order valence-corrected chi connectivity index (χ3v) is 6.47. The van der Waals surface area contributed by atoms with Crippen molar-refractivity contribution in [2.45, 2.75) is 27.7 Å². The van der Waals surface area contributed by atoms with E-state index in [1.807, 2.05) is 11.5 Å². The zero-order valence-electron chi connectivity index (χ0n) is 19.5. The number of anilines is 1. The molecule has 0 atom stereocenters. The second kappa shape index (κ2) is 8.88. The van der Waals surface area contributed by atoms with Crippen LogP contribution in [0.4, 0.5) is 10.5 Å². The quantitative estimate of drug-likeness (QED) is 0.405. The number of carboxylic acids is 1. The van der Waals surface area contributed by atoms with Gasteiger partial charge in [-0.2, -0.15) is 0 Å². The van der Waals surface area contributed by atoms with Gasteiger partial charge in [0.2, 0.25) is 0 Å². The van der Waals surface area contributed by atoms with Gasteiger partial charge >= 0.3 is 12.0 Å². The van der Waals surface area contributed by atoms with E-state index in [1.165, 1.54) is 18.2 Å². The highest BCUT2D eigenvalue weighted by molar-refractivity contribution is 6.39. The molecule has 2 aromatic carbocycles. The number of carbonyl (C=O) groups is 4. The summed E-state index contributed by atoms with van der Waals surface area (Å²) < 4.78 is 1.86. The van der Waals surface area contributed by atoms with E-state index >= 15 is 0 Å². The smallest absolute Gasteiger partial charge is 0.336 e. The average Bonchev–Trinajstić information content (AvgIpc) is 3.06. The Morgan fingerprint density at radius 3 is 2.40 bits per heavy atom. The zero-order chi connectivity index (χ0) is 25.6. The van der Waals surface area contributed by atoms with Crippen molar-refractivity contribution < 1.29 is 24.3 Å². The summed E-state index contributed by atoms with van der Waals surface area (Å²) in [6.45, 7) is 7.17. The van der Waals surface area contributed by atoms with Crippen molar-refractivity contribution in [3.05, 3.63) is 86.7 Å². The molecule has 0 saturated carbocycles. The number of amides is 4. The van der Waals surface area contributed by atoms with Gasteiger partial charge in [-0.05, 0) is 80.8 Å². The molecule has 0 bridgehead atoms. The molecule has 1 aliphatic heterocycles. The molecule has 1 aliphatic rings. The summed E-state index contributed by atoms with van der Waals surface area (Å²) in [4.78, 5) is 50.8. The first-order valence-electron chi connectivity index (χ1n) is 10.7. The minimum Gasteiger partial charge on any atom is -0.478 e. The van der Waals surface area contributed by atoms with E-state index in [9.17, 15) is 24.3 Å². The lowest BCUT2D eigenvalue weighted by Crippen LogP contribution is -2.54. The first-order valence-corrected chi connectivity index (χ1v) is 11.1. The number of benzene rings is 2. The van der Waals surface area contributed by atoms with Crippen LogP contribution in [-0.4, -0.2) is 33.5 Å². The average molecular weight is 492 g/mol. The van der Waals surface area contributed by atoms with Gasteiger partial charge in [-0.3, -0.25) is 14.9 Å². The third-order valence-electron chi connectivity index (χ3n) is 6.06. The maximum absolute atomic E-state index is 13.3. The maximum atomic E-state index is 13.3. The Kier molecular flexibility index (Phi) is 6.08. The lowest BCUT2D eigenvalue weighted by molar-refractivity contribution is -0.122. The number of carbonyl (C=O) groups excluding carboxylic acids is 3. The van der Waals surface area contributed by atoms with E-state index in [0.717, 1.165) is 16.2 Å². The van der Waals surface area contributed by atoms with Crippen LogP contribution in [0.1, 0.15) is 38.4 Å². The van der Waals surface area contributed by atoms with Crippen molar-refractivity contribution >= 4 is 47.2 Å². The number of nitrogens with zero attached hydrogens (tertiary/aromatic N) is 2. The molecule has 1 aromatic heterocycles. The molecule has 35 heavy (non-hydrogen) atoms. The number of hydrogen-bond acceptors (Lipinski definition) is 4. The van der Waals surface area contributed by atoms with Gasteiger partial charge in [-0.25, -0.2) is 14.5 Å². The standard InChI is InChI=1S/C26H22ClN3O5/c1-13-8-9-18(12-21(13)27)30-24(32)20(23(31)28-26(30)35)11-17-10-14(2)29(16(17)4)22-7-5-6-19(15(22)3)25(33)34/h5-12H,1-4H3,(H,33,34)(H,28,31,35)/b20-11-. The molecular formula is C26H22ClN3O5. The Balaban J connectivity index is 1.80. The van der Waals surface area contributed by atoms with Crippen LogP contribution in [-0.2, 0) is 9.59 Å². The highest BCUT2D eigenvalue weighted by Gasteiger charge is 2.37. The number of rotatable bonds is 4. The molecular weight excluding hydrogens is 470 g/mol. The molecule has 178 valence electrons. The number of aromatic carboxylic acids is 1. The Morgan fingerprint density at radius 1 is 1.03 bits per heavy atom. The molecule has 0 radical (unpaired) electrons. The van der Waals surface area contributed by atoms with Crippen LogP contribution in [0.3, 0.4) is 0 Å². The molecule has 4 rings (SSSR count). The fourth-order valence-corrected chi connectivity index (χ4v) is 4.34. The van der Waals surface area contributed by atoms with E-state index in [1.54, 1.807) is 51.1 Å².